The number of thiophene rings is 2. The molecule has 1 saturated heterocycles. The highest BCUT2D eigenvalue weighted by atomic mass is 79.9. The molecule has 10 nitrogen and oxygen atoms in total. The number of rotatable bonds is 7. The van der Waals surface area contributed by atoms with Crippen LogP contribution in [0.1, 0.15) is 29.7 Å². The van der Waals surface area contributed by atoms with E-state index < -0.39 is 17.8 Å². The lowest BCUT2D eigenvalue weighted by molar-refractivity contribution is -0.695. The molecule has 6 rings (SSSR count). The van der Waals surface area contributed by atoms with Crippen LogP contribution in [0.4, 0.5) is 0 Å². The second-order valence-electron chi connectivity index (χ2n) is 9.17. The number of nitrogens with zero attached hydrogens (tertiary/aromatic N) is 5. The van der Waals surface area contributed by atoms with Gasteiger partial charge >= 0.3 is 5.97 Å². The quantitative estimate of drug-likeness (QED) is 0.195. The van der Waals surface area contributed by atoms with Crippen LogP contribution in [0.15, 0.2) is 52.7 Å². The molecule has 204 valence electrons. The molecule has 13 heteroatoms. The van der Waals surface area contributed by atoms with Crippen LogP contribution in [0.25, 0.3) is 43.3 Å². The zero-order valence-electron chi connectivity index (χ0n) is 21.4. The molecule has 0 atom stereocenters. The summed E-state index contributed by atoms with van der Waals surface area (Å²) in [5.41, 5.74) is 5.39. The summed E-state index contributed by atoms with van der Waals surface area (Å²) in [4.78, 5) is 49.1. The highest BCUT2D eigenvalue weighted by Crippen LogP contribution is 2.42. The molecule has 1 aliphatic rings. The number of aromatic nitrogens is 4. The fourth-order valence-corrected chi connectivity index (χ4v) is 6.21. The molecule has 1 fully saturated rings. The Morgan fingerprint density at radius 3 is 2.55 bits per heavy atom. The number of aryl methyl sites for hydroxylation is 3. The first kappa shape index (κ1) is 27.7. The van der Waals surface area contributed by atoms with Crippen LogP contribution in [-0.4, -0.2) is 38.1 Å². The van der Waals surface area contributed by atoms with E-state index in [1.165, 1.54) is 0 Å². The molecule has 0 bridgehead atoms. The van der Waals surface area contributed by atoms with Crippen LogP contribution in [0.2, 0.25) is 0 Å². The van der Waals surface area contributed by atoms with E-state index in [4.69, 9.17) is 14.5 Å². The lowest BCUT2D eigenvalue weighted by Gasteiger charge is -2.12. The Labute approximate surface area is 246 Å². The third-order valence-electron chi connectivity index (χ3n) is 6.27. The van der Waals surface area contributed by atoms with E-state index >= 15 is 0 Å². The average molecular weight is 641 g/mol. The first-order chi connectivity index (χ1) is 18.9. The molecule has 6 heterocycles. The Morgan fingerprint density at radius 2 is 1.85 bits per heavy atom. The van der Waals surface area contributed by atoms with Gasteiger partial charge in [0.2, 0.25) is 0 Å². The molecule has 0 unspecified atom stereocenters. The van der Waals surface area contributed by atoms with Crippen molar-refractivity contribution in [1.82, 2.24) is 20.4 Å². The molecule has 40 heavy (non-hydrogen) atoms. The normalized spacial score (nSPS) is 13.2. The van der Waals surface area contributed by atoms with Crippen molar-refractivity contribution in [3.8, 4) is 32.3 Å². The van der Waals surface area contributed by atoms with Crippen molar-refractivity contribution >= 4 is 51.5 Å². The molecule has 0 aromatic carbocycles. The van der Waals surface area contributed by atoms with E-state index in [2.05, 4.69) is 21.8 Å². The predicted octanol–water partition coefficient (Wildman–Crippen LogP) is 1.65. The number of carbonyl (C=O) groups is 3. The number of imide groups is 1. The number of halogens is 1. The van der Waals surface area contributed by atoms with Gasteiger partial charge in [-0.3, -0.25) is 9.59 Å². The number of hydroxylamine groups is 2. The van der Waals surface area contributed by atoms with Gasteiger partial charge in [0, 0.05) is 34.2 Å². The van der Waals surface area contributed by atoms with Gasteiger partial charge in [-0.05, 0) is 59.4 Å². The van der Waals surface area contributed by atoms with E-state index in [0.717, 1.165) is 31.3 Å². The topological polar surface area (TPSA) is 119 Å². The second kappa shape index (κ2) is 11.4. The van der Waals surface area contributed by atoms with Crippen molar-refractivity contribution in [2.24, 2.45) is 0 Å². The number of carbonyl (C=O) groups excluding carboxylic acids is 3. The molecule has 0 aliphatic carbocycles. The molecular weight excluding hydrogens is 618 g/mol. The fraction of sp³-hybridized carbons (Fsp3) is 0.222. The van der Waals surface area contributed by atoms with Crippen LogP contribution >= 0.6 is 22.7 Å². The van der Waals surface area contributed by atoms with Gasteiger partial charge in [0.1, 0.15) is 17.6 Å². The minimum Gasteiger partial charge on any atom is -1.00 e. The Bertz CT molecular complexity index is 1740. The van der Waals surface area contributed by atoms with Crippen LogP contribution in [0.3, 0.4) is 0 Å². The largest absolute Gasteiger partial charge is 1.00 e. The lowest BCUT2D eigenvalue weighted by Crippen LogP contribution is -3.00. The number of hydrogen-bond donors (Lipinski definition) is 0. The molecule has 2 amide bonds. The lowest BCUT2D eigenvalue weighted by atomic mass is 10.0. The van der Waals surface area contributed by atoms with Crippen LogP contribution in [0, 0.1) is 13.8 Å². The standard InChI is InChI=1S/C27H22N5O5S2.BrH/c1-15-12-19(38-14-15)23-24(28-25(18-6-5-16(2)39-18)27-26(23)29-37-30-27)17-4-3-10-31(13-17)11-9-22(35)36-32-20(33)7-8-21(32)34;/h3-6,10,12-14H,7-9,11H2,1-2H3;1H/q+1;/p-1. The maximum absolute atomic E-state index is 12.4. The summed E-state index contributed by atoms with van der Waals surface area (Å²) in [6, 6.07) is 9.96. The first-order valence-corrected chi connectivity index (χ1v) is 13.9. The number of pyridine rings is 2. The van der Waals surface area contributed by atoms with E-state index in [9.17, 15) is 14.4 Å². The van der Waals surface area contributed by atoms with Gasteiger partial charge in [-0.15, -0.1) is 27.7 Å². The summed E-state index contributed by atoms with van der Waals surface area (Å²) < 4.78 is 7.06. The van der Waals surface area contributed by atoms with E-state index in [-0.39, 0.29) is 42.8 Å². The monoisotopic (exact) mass is 639 g/mol. The summed E-state index contributed by atoms with van der Waals surface area (Å²) in [6.45, 7) is 4.35. The van der Waals surface area contributed by atoms with Gasteiger partial charge in [0.25, 0.3) is 11.8 Å². The SMILES string of the molecule is Cc1csc(-c2c(-c3ccc[n+](CCC(=O)ON4C(=O)CCC4=O)c3)nc(-c3ccc(C)s3)c3nonc23)c1.[Br-]. The van der Waals surface area contributed by atoms with Gasteiger partial charge in [-0.25, -0.2) is 19.0 Å². The van der Waals surface area contributed by atoms with Crippen molar-refractivity contribution in [1.29, 1.82) is 0 Å². The summed E-state index contributed by atoms with van der Waals surface area (Å²) in [5, 5.41) is 11.1. The average Bonchev–Trinajstić information content (AvgIpc) is 3.73. The van der Waals surface area contributed by atoms with Gasteiger partial charge < -0.3 is 21.8 Å². The van der Waals surface area contributed by atoms with E-state index in [0.29, 0.717) is 27.5 Å². The predicted molar refractivity (Wildman–Crippen MR) is 143 cm³/mol. The molecule has 0 saturated carbocycles. The van der Waals surface area contributed by atoms with Crippen molar-refractivity contribution in [2.75, 3.05) is 0 Å². The second-order valence-corrected chi connectivity index (χ2v) is 11.4. The van der Waals surface area contributed by atoms with Crippen molar-refractivity contribution < 1.29 is 45.4 Å². The number of hydrogen-bond acceptors (Lipinski definition) is 10. The third kappa shape index (κ3) is 5.31. The Morgan fingerprint density at radius 1 is 1.07 bits per heavy atom. The van der Waals surface area contributed by atoms with E-state index in [1.807, 2.05) is 55.1 Å². The van der Waals surface area contributed by atoms with Crippen molar-refractivity contribution in [2.45, 2.75) is 39.7 Å². The van der Waals surface area contributed by atoms with Gasteiger partial charge in [0.05, 0.1) is 16.1 Å². The molecule has 1 aliphatic heterocycles. The number of fused-ring (bicyclic) bond motifs is 1. The molecule has 0 spiro atoms. The summed E-state index contributed by atoms with van der Waals surface area (Å²) in [6.07, 6.45) is 3.81. The summed E-state index contributed by atoms with van der Waals surface area (Å²) in [7, 11) is 0. The zero-order valence-corrected chi connectivity index (χ0v) is 24.6. The summed E-state index contributed by atoms with van der Waals surface area (Å²) in [5.74, 6) is -1.66. The molecule has 0 N–H and O–H groups in total. The summed E-state index contributed by atoms with van der Waals surface area (Å²) >= 11 is 3.21. The zero-order chi connectivity index (χ0) is 27.1. The van der Waals surface area contributed by atoms with E-state index in [1.54, 1.807) is 22.7 Å². The third-order valence-corrected chi connectivity index (χ3v) is 8.34. The van der Waals surface area contributed by atoms with Crippen LogP contribution in [-0.2, 0) is 25.8 Å². The van der Waals surface area contributed by atoms with Gasteiger partial charge in [-0.1, -0.05) is 0 Å². The Balaban J connectivity index is 0.00000323. The van der Waals surface area contributed by atoms with Crippen LogP contribution in [0.5, 0.6) is 0 Å². The maximum Gasteiger partial charge on any atom is 0.339 e. The minimum atomic E-state index is -0.658. The molecular formula is C27H22BrN5O5S2. The van der Waals surface area contributed by atoms with Crippen molar-refractivity contribution in [3.63, 3.8) is 0 Å². The first-order valence-electron chi connectivity index (χ1n) is 12.2. The molecule has 5 aromatic heterocycles. The van der Waals surface area contributed by atoms with Crippen LogP contribution < -0.4 is 21.5 Å². The fourth-order valence-electron chi connectivity index (χ4n) is 4.41. The maximum atomic E-state index is 12.4. The molecule has 5 aromatic rings. The highest BCUT2D eigenvalue weighted by Gasteiger charge is 2.33. The van der Waals surface area contributed by atoms with Crippen molar-refractivity contribution in [3.05, 3.63) is 58.5 Å². The smallest absolute Gasteiger partial charge is 0.339 e. The van der Waals surface area contributed by atoms with Gasteiger partial charge in [0.15, 0.2) is 24.5 Å². The minimum absolute atomic E-state index is 0. The highest BCUT2D eigenvalue weighted by molar-refractivity contribution is 7.15. The Hall–Kier alpha value is -3.81. The molecule has 0 radical (unpaired) electrons. The Kier molecular flexibility index (Phi) is 7.88. The number of amides is 2. The van der Waals surface area contributed by atoms with Gasteiger partial charge in [-0.2, -0.15) is 0 Å².